The number of nitrogens with zero attached hydrogens (tertiary/aromatic N) is 4. The zero-order valence-corrected chi connectivity index (χ0v) is 24.2. The van der Waals surface area contributed by atoms with Gasteiger partial charge in [0.15, 0.2) is 0 Å². The van der Waals surface area contributed by atoms with E-state index in [-0.39, 0.29) is 18.2 Å². The number of hydrogen-bond donors (Lipinski definition) is 3. The van der Waals surface area contributed by atoms with Gasteiger partial charge >= 0.3 is 12.1 Å². The number of anilines is 1. The number of aryl methyl sites for hydroxylation is 1. The van der Waals surface area contributed by atoms with Crippen molar-refractivity contribution in [1.29, 1.82) is 0 Å². The lowest BCUT2D eigenvalue weighted by Crippen LogP contribution is -2.44. The summed E-state index contributed by atoms with van der Waals surface area (Å²) in [5.74, 6) is 5.01. The molecular weight excluding hydrogens is 545 g/mol. The summed E-state index contributed by atoms with van der Waals surface area (Å²) in [5, 5.41) is 17.5. The molecule has 228 valence electrons. The van der Waals surface area contributed by atoms with Crippen molar-refractivity contribution in [2.24, 2.45) is 11.7 Å². The Kier molecular flexibility index (Phi) is 10.9. The summed E-state index contributed by atoms with van der Waals surface area (Å²) in [4.78, 5) is 13.3. The molecule has 0 aliphatic carbocycles. The zero-order valence-electron chi connectivity index (χ0n) is 24.2. The van der Waals surface area contributed by atoms with Crippen LogP contribution < -0.4 is 11.1 Å². The molecule has 0 saturated carbocycles. The minimum atomic E-state index is -4.36. The standard InChI is InChI=1S/C31H41F3N6O2/c1-38-17-14-27(23(20-38)10-6-4-2-3-5-7-16-39-21-24(19-36-39)30(41)42)37-28-12-8-13-29-26(28)18-25(11-9-15-35)40(29)22-31(32,33)34/h8,12-13,18-19,21,23,27,37H,2-7,10,14-17,20,22,35H2,1H3,(H,41,42). The molecule has 2 atom stereocenters. The number of piperidine rings is 1. The van der Waals surface area contributed by atoms with Crippen molar-refractivity contribution in [1.82, 2.24) is 19.2 Å². The summed E-state index contributed by atoms with van der Waals surface area (Å²) in [6, 6.07) is 7.45. The predicted molar refractivity (Wildman–Crippen MR) is 158 cm³/mol. The fourth-order valence-corrected chi connectivity index (χ4v) is 5.89. The van der Waals surface area contributed by atoms with Crippen LogP contribution in [0.1, 0.15) is 67.4 Å². The van der Waals surface area contributed by atoms with Gasteiger partial charge in [0.1, 0.15) is 6.54 Å². The highest BCUT2D eigenvalue weighted by molar-refractivity contribution is 5.94. The van der Waals surface area contributed by atoms with Crippen LogP contribution in [0.25, 0.3) is 10.9 Å². The highest BCUT2D eigenvalue weighted by Gasteiger charge is 2.31. The smallest absolute Gasteiger partial charge is 0.406 e. The third kappa shape index (κ3) is 8.76. The molecule has 1 fully saturated rings. The van der Waals surface area contributed by atoms with E-state index >= 15 is 0 Å². The van der Waals surface area contributed by atoms with E-state index in [1.165, 1.54) is 10.8 Å². The van der Waals surface area contributed by atoms with Gasteiger partial charge in [0, 0.05) is 36.4 Å². The highest BCUT2D eigenvalue weighted by Crippen LogP contribution is 2.33. The van der Waals surface area contributed by atoms with Crippen molar-refractivity contribution < 1.29 is 23.1 Å². The van der Waals surface area contributed by atoms with Crippen LogP contribution in [0.2, 0.25) is 0 Å². The second-order valence-corrected chi connectivity index (χ2v) is 11.2. The lowest BCUT2D eigenvalue weighted by atomic mass is 9.87. The van der Waals surface area contributed by atoms with E-state index in [0.717, 1.165) is 82.1 Å². The quantitative estimate of drug-likeness (QED) is 0.179. The number of halogens is 3. The van der Waals surface area contributed by atoms with Gasteiger partial charge in [-0.25, -0.2) is 4.79 Å². The van der Waals surface area contributed by atoms with E-state index in [1.54, 1.807) is 29.1 Å². The van der Waals surface area contributed by atoms with Crippen LogP contribution in [0.5, 0.6) is 0 Å². The lowest BCUT2D eigenvalue weighted by Gasteiger charge is -2.38. The number of fused-ring (bicyclic) bond motifs is 1. The number of unbranched alkanes of at least 4 members (excludes halogenated alkanes) is 5. The number of benzene rings is 1. The van der Waals surface area contributed by atoms with Crippen LogP contribution in [-0.4, -0.2) is 69.2 Å². The van der Waals surface area contributed by atoms with Crippen molar-refractivity contribution in [3.63, 3.8) is 0 Å². The Bertz CT molecular complexity index is 1390. The maximum Gasteiger partial charge on any atom is 0.406 e. The molecule has 0 spiro atoms. The van der Waals surface area contributed by atoms with Gasteiger partial charge in [-0.15, -0.1) is 0 Å². The molecule has 11 heteroatoms. The molecule has 4 N–H and O–H groups in total. The van der Waals surface area contributed by atoms with Crippen molar-refractivity contribution in [2.75, 3.05) is 32.0 Å². The van der Waals surface area contributed by atoms with Crippen LogP contribution in [0.3, 0.4) is 0 Å². The second kappa shape index (κ2) is 14.6. The van der Waals surface area contributed by atoms with Gasteiger partial charge in [0.05, 0.1) is 29.5 Å². The molecule has 2 aromatic heterocycles. The largest absolute Gasteiger partial charge is 0.478 e. The Labute approximate surface area is 245 Å². The molecule has 0 radical (unpaired) electrons. The molecule has 0 amide bonds. The number of alkyl halides is 3. The van der Waals surface area contributed by atoms with Crippen LogP contribution in [0.15, 0.2) is 36.7 Å². The molecule has 3 aromatic rings. The number of nitrogens with one attached hydrogen (secondary N) is 1. The van der Waals surface area contributed by atoms with E-state index in [0.29, 0.717) is 17.1 Å². The van der Waals surface area contributed by atoms with Crippen LogP contribution >= 0.6 is 0 Å². The molecule has 1 aromatic carbocycles. The average molecular weight is 587 g/mol. The summed E-state index contributed by atoms with van der Waals surface area (Å²) in [5.41, 5.74) is 7.39. The van der Waals surface area contributed by atoms with Gasteiger partial charge in [0.25, 0.3) is 0 Å². The molecule has 1 saturated heterocycles. The van der Waals surface area contributed by atoms with Crippen molar-refractivity contribution in [2.45, 2.75) is 76.7 Å². The number of rotatable bonds is 13. The van der Waals surface area contributed by atoms with Crippen LogP contribution in [-0.2, 0) is 13.1 Å². The van der Waals surface area contributed by atoms with Gasteiger partial charge in [-0.2, -0.15) is 18.3 Å². The third-order valence-corrected chi connectivity index (χ3v) is 7.97. The van der Waals surface area contributed by atoms with Crippen molar-refractivity contribution in [3.8, 4) is 11.8 Å². The van der Waals surface area contributed by atoms with E-state index in [1.807, 2.05) is 6.07 Å². The first kappa shape index (κ1) is 31.4. The number of carboxylic acid groups (broad SMARTS) is 1. The van der Waals surface area contributed by atoms with Gasteiger partial charge in [0.2, 0.25) is 0 Å². The Morgan fingerprint density at radius 1 is 1.19 bits per heavy atom. The molecule has 42 heavy (non-hydrogen) atoms. The first-order chi connectivity index (χ1) is 20.1. The first-order valence-corrected chi connectivity index (χ1v) is 14.7. The monoisotopic (exact) mass is 586 g/mol. The van der Waals surface area contributed by atoms with Crippen molar-refractivity contribution >= 4 is 22.6 Å². The number of hydrogen-bond acceptors (Lipinski definition) is 5. The molecule has 1 aliphatic heterocycles. The SMILES string of the molecule is CN1CCC(Nc2cccc3c2cc(C#CCN)n3CC(F)(F)F)C(CCCCCCCCn2cc(C(=O)O)cn2)C1. The van der Waals surface area contributed by atoms with Gasteiger partial charge in [-0.3, -0.25) is 4.68 Å². The Hall–Kier alpha value is -3.49. The van der Waals surface area contributed by atoms with Gasteiger partial charge in [-0.1, -0.05) is 44.1 Å². The fourth-order valence-electron chi connectivity index (χ4n) is 5.89. The summed E-state index contributed by atoms with van der Waals surface area (Å²) in [6.45, 7) is 1.66. The summed E-state index contributed by atoms with van der Waals surface area (Å²) < 4.78 is 43.1. The number of nitrogens with two attached hydrogens (primary N) is 1. The normalized spacial score (nSPS) is 17.7. The van der Waals surface area contributed by atoms with E-state index < -0.39 is 18.7 Å². The third-order valence-electron chi connectivity index (χ3n) is 7.97. The fraction of sp³-hybridized carbons (Fsp3) is 0.548. The minimum absolute atomic E-state index is 0.0799. The summed E-state index contributed by atoms with van der Waals surface area (Å²) in [7, 11) is 2.14. The topological polar surface area (TPSA) is 101 Å². The average Bonchev–Trinajstić information content (AvgIpc) is 3.55. The van der Waals surface area contributed by atoms with E-state index in [9.17, 15) is 18.0 Å². The zero-order chi connectivity index (χ0) is 30.1. The Morgan fingerprint density at radius 2 is 1.95 bits per heavy atom. The number of likely N-dealkylation sites (tertiary alicyclic amines) is 1. The Balaban J connectivity index is 1.31. The number of aromatic carboxylic acids is 1. The van der Waals surface area contributed by atoms with Crippen LogP contribution in [0.4, 0.5) is 18.9 Å². The number of carbonyl (C=O) groups is 1. The van der Waals surface area contributed by atoms with Crippen molar-refractivity contribution in [3.05, 3.63) is 47.9 Å². The van der Waals surface area contributed by atoms with Gasteiger partial charge < -0.3 is 25.6 Å². The minimum Gasteiger partial charge on any atom is -0.478 e. The molecule has 0 bridgehead atoms. The Morgan fingerprint density at radius 3 is 2.67 bits per heavy atom. The number of aromatic nitrogens is 3. The molecule has 4 rings (SSSR count). The molecule has 3 heterocycles. The molecular formula is C31H41F3N6O2. The number of carboxylic acids is 1. The predicted octanol–water partition coefficient (Wildman–Crippen LogP) is 5.57. The van der Waals surface area contributed by atoms with Crippen LogP contribution in [0, 0.1) is 17.8 Å². The maximum absolute atomic E-state index is 13.4. The maximum atomic E-state index is 13.4. The molecule has 8 nitrogen and oxygen atoms in total. The van der Waals surface area contributed by atoms with Gasteiger partial charge in [-0.05, 0) is 62.9 Å². The van der Waals surface area contributed by atoms with E-state index in [4.69, 9.17) is 10.8 Å². The summed E-state index contributed by atoms with van der Waals surface area (Å²) in [6.07, 6.45) is 7.26. The lowest BCUT2D eigenvalue weighted by molar-refractivity contribution is -0.140. The van der Waals surface area contributed by atoms with E-state index in [2.05, 4.69) is 34.2 Å². The second-order valence-electron chi connectivity index (χ2n) is 11.2. The molecule has 1 aliphatic rings. The first-order valence-electron chi connectivity index (χ1n) is 14.7. The summed E-state index contributed by atoms with van der Waals surface area (Å²) >= 11 is 0. The highest BCUT2D eigenvalue weighted by atomic mass is 19.4. The molecule has 2 unspecified atom stereocenters.